The number of nitrogens with zero attached hydrogens (tertiary/aromatic N) is 1. The van der Waals surface area contributed by atoms with Gasteiger partial charge in [-0.2, -0.15) is 0 Å². The Kier molecular flexibility index (Phi) is 5.81. The smallest absolute Gasteiger partial charge is 0.251 e. The van der Waals surface area contributed by atoms with Crippen LogP contribution >= 0.6 is 0 Å². The number of carbonyl (C=O) groups is 1. The van der Waals surface area contributed by atoms with Crippen molar-refractivity contribution in [2.24, 2.45) is 0 Å². The molecule has 25 heavy (non-hydrogen) atoms. The van der Waals surface area contributed by atoms with E-state index in [0.717, 1.165) is 43.8 Å². The van der Waals surface area contributed by atoms with Crippen molar-refractivity contribution in [3.8, 4) is 0 Å². The standard InChI is InChI=1S/C19H22F2N2O2/c20-15-8-7-14(12-16(15)21)19(24)22-13-17(18-6-5-11-25-18)23-9-3-1-2-4-10-23/h5-8,11-12,17H,1-4,9-10,13H2,(H,22,24). The quantitative estimate of drug-likeness (QED) is 0.891. The molecule has 1 aromatic carbocycles. The zero-order valence-corrected chi connectivity index (χ0v) is 14.0. The first kappa shape index (κ1) is 17.6. The molecule has 2 aromatic rings. The zero-order valence-electron chi connectivity index (χ0n) is 14.0. The summed E-state index contributed by atoms with van der Waals surface area (Å²) in [4.78, 5) is 14.6. The lowest BCUT2D eigenvalue weighted by molar-refractivity contribution is 0.0926. The van der Waals surface area contributed by atoms with E-state index >= 15 is 0 Å². The summed E-state index contributed by atoms with van der Waals surface area (Å²) >= 11 is 0. The third-order valence-corrected chi connectivity index (χ3v) is 4.59. The molecule has 1 amide bonds. The first-order valence-electron chi connectivity index (χ1n) is 8.66. The number of hydrogen-bond donors (Lipinski definition) is 1. The van der Waals surface area contributed by atoms with Crippen LogP contribution < -0.4 is 5.32 Å². The number of rotatable bonds is 5. The molecule has 134 valence electrons. The van der Waals surface area contributed by atoms with Crippen molar-refractivity contribution in [1.82, 2.24) is 10.2 Å². The van der Waals surface area contributed by atoms with Crippen LogP contribution in [-0.4, -0.2) is 30.4 Å². The minimum atomic E-state index is -1.03. The van der Waals surface area contributed by atoms with Crippen LogP contribution in [-0.2, 0) is 0 Å². The summed E-state index contributed by atoms with van der Waals surface area (Å²) in [5, 5.41) is 2.82. The Morgan fingerprint density at radius 2 is 1.88 bits per heavy atom. The zero-order chi connectivity index (χ0) is 17.6. The molecule has 0 aliphatic carbocycles. The highest BCUT2D eigenvalue weighted by Crippen LogP contribution is 2.24. The molecule has 0 radical (unpaired) electrons. The van der Waals surface area contributed by atoms with Crippen LogP contribution in [0.2, 0.25) is 0 Å². The van der Waals surface area contributed by atoms with Crippen molar-refractivity contribution in [3.05, 3.63) is 59.6 Å². The van der Waals surface area contributed by atoms with E-state index in [-0.39, 0.29) is 11.6 Å². The molecule has 0 bridgehead atoms. The predicted octanol–water partition coefficient (Wildman–Crippen LogP) is 3.90. The molecule has 1 fully saturated rings. The van der Waals surface area contributed by atoms with Gasteiger partial charge < -0.3 is 9.73 Å². The highest BCUT2D eigenvalue weighted by molar-refractivity contribution is 5.94. The number of nitrogens with one attached hydrogen (secondary N) is 1. The van der Waals surface area contributed by atoms with Gasteiger partial charge in [0.05, 0.1) is 12.3 Å². The van der Waals surface area contributed by atoms with E-state index in [1.54, 1.807) is 6.26 Å². The van der Waals surface area contributed by atoms with Gasteiger partial charge in [-0.25, -0.2) is 8.78 Å². The fourth-order valence-electron chi connectivity index (χ4n) is 3.23. The monoisotopic (exact) mass is 348 g/mol. The Hall–Kier alpha value is -2.21. The summed E-state index contributed by atoms with van der Waals surface area (Å²) in [5.74, 6) is -1.62. The van der Waals surface area contributed by atoms with Gasteiger partial charge in [0.2, 0.25) is 0 Å². The first-order chi connectivity index (χ1) is 12.1. The van der Waals surface area contributed by atoms with Crippen LogP contribution in [0.1, 0.15) is 47.8 Å². The first-order valence-corrected chi connectivity index (χ1v) is 8.66. The summed E-state index contributed by atoms with van der Waals surface area (Å²) < 4.78 is 31.9. The maximum Gasteiger partial charge on any atom is 0.251 e. The molecule has 1 aliphatic rings. The van der Waals surface area contributed by atoms with E-state index in [1.807, 2.05) is 12.1 Å². The van der Waals surface area contributed by atoms with Crippen LogP contribution in [0.25, 0.3) is 0 Å². The Bertz CT molecular complexity index is 695. The number of furan rings is 1. The van der Waals surface area contributed by atoms with Crippen molar-refractivity contribution in [3.63, 3.8) is 0 Å². The van der Waals surface area contributed by atoms with E-state index in [9.17, 15) is 13.6 Å². The average Bonchev–Trinajstić information content (AvgIpc) is 3.00. The molecule has 1 saturated heterocycles. The van der Waals surface area contributed by atoms with Gasteiger partial charge in [0.1, 0.15) is 5.76 Å². The van der Waals surface area contributed by atoms with E-state index < -0.39 is 17.5 Å². The number of benzene rings is 1. The minimum absolute atomic E-state index is 0.0673. The average molecular weight is 348 g/mol. The fourth-order valence-corrected chi connectivity index (χ4v) is 3.23. The second-order valence-corrected chi connectivity index (χ2v) is 6.32. The van der Waals surface area contributed by atoms with Crippen molar-refractivity contribution in [2.75, 3.05) is 19.6 Å². The third kappa shape index (κ3) is 4.45. The maximum absolute atomic E-state index is 13.3. The molecular formula is C19H22F2N2O2. The van der Waals surface area contributed by atoms with Gasteiger partial charge in [-0.15, -0.1) is 0 Å². The van der Waals surface area contributed by atoms with Gasteiger partial charge in [0.15, 0.2) is 11.6 Å². The van der Waals surface area contributed by atoms with E-state index in [1.165, 1.54) is 18.9 Å². The SMILES string of the molecule is O=C(NCC(c1ccco1)N1CCCCCC1)c1ccc(F)c(F)c1. The van der Waals surface area contributed by atoms with Crippen LogP contribution in [0.15, 0.2) is 41.0 Å². The highest BCUT2D eigenvalue weighted by Gasteiger charge is 2.24. The molecule has 0 spiro atoms. The lowest BCUT2D eigenvalue weighted by Crippen LogP contribution is -2.38. The number of carbonyl (C=O) groups excluding carboxylic acids is 1. The molecule has 0 saturated carbocycles. The van der Waals surface area contributed by atoms with Crippen LogP contribution in [0.4, 0.5) is 8.78 Å². The fraction of sp³-hybridized carbons (Fsp3) is 0.421. The molecule has 1 unspecified atom stereocenters. The largest absolute Gasteiger partial charge is 0.468 e. The van der Waals surface area contributed by atoms with Crippen LogP contribution in [0.5, 0.6) is 0 Å². The van der Waals surface area contributed by atoms with Crippen molar-refractivity contribution < 1.29 is 18.0 Å². The number of hydrogen-bond acceptors (Lipinski definition) is 3. The summed E-state index contributed by atoms with van der Waals surface area (Å²) in [6, 6.07) is 6.82. The Labute approximate surface area is 145 Å². The third-order valence-electron chi connectivity index (χ3n) is 4.59. The Morgan fingerprint density at radius 1 is 1.12 bits per heavy atom. The van der Waals surface area contributed by atoms with E-state index in [2.05, 4.69) is 10.2 Å². The molecule has 3 rings (SSSR count). The molecular weight excluding hydrogens is 326 g/mol. The summed E-state index contributed by atoms with van der Waals surface area (Å²) in [6.45, 7) is 2.25. The normalized spacial score (nSPS) is 17.0. The lowest BCUT2D eigenvalue weighted by Gasteiger charge is -2.29. The van der Waals surface area contributed by atoms with Gasteiger partial charge in [-0.3, -0.25) is 9.69 Å². The van der Waals surface area contributed by atoms with Crippen LogP contribution in [0, 0.1) is 11.6 Å². The molecule has 1 atom stereocenters. The second kappa shape index (κ2) is 8.25. The van der Waals surface area contributed by atoms with E-state index in [0.29, 0.717) is 6.54 Å². The van der Waals surface area contributed by atoms with Gasteiger partial charge >= 0.3 is 0 Å². The number of halogens is 2. The van der Waals surface area contributed by atoms with Gasteiger partial charge in [0.25, 0.3) is 5.91 Å². The lowest BCUT2D eigenvalue weighted by atomic mass is 10.1. The summed E-state index contributed by atoms with van der Waals surface area (Å²) in [5.41, 5.74) is 0.105. The molecule has 6 heteroatoms. The summed E-state index contributed by atoms with van der Waals surface area (Å²) in [7, 11) is 0. The highest BCUT2D eigenvalue weighted by atomic mass is 19.2. The summed E-state index contributed by atoms with van der Waals surface area (Å²) in [6.07, 6.45) is 6.28. The minimum Gasteiger partial charge on any atom is -0.468 e. The van der Waals surface area contributed by atoms with Crippen LogP contribution in [0.3, 0.4) is 0 Å². The predicted molar refractivity (Wildman–Crippen MR) is 90.2 cm³/mol. The van der Waals surface area contributed by atoms with Crippen molar-refractivity contribution >= 4 is 5.91 Å². The van der Waals surface area contributed by atoms with Gasteiger partial charge in [-0.1, -0.05) is 12.8 Å². The molecule has 2 heterocycles. The molecule has 1 aromatic heterocycles. The number of amides is 1. The molecule has 1 N–H and O–H groups in total. The molecule has 1 aliphatic heterocycles. The van der Waals surface area contributed by atoms with E-state index in [4.69, 9.17) is 4.42 Å². The second-order valence-electron chi connectivity index (χ2n) is 6.32. The van der Waals surface area contributed by atoms with Gasteiger partial charge in [0, 0.05) is 12.1 Å². The number of likely N-dealkylation sites (tertiary alicyclic amines) is 1. The van der Waals surface area contributed by atoms with Crippen molar-refractivity contribution in [1.29, 1.82) is 0 Å². The van der Waals surface area contributed by atoms with Gasteiger partial charge in [-0.05, 0) is 56.3 Å². The Morgan fingerprint density at radius 3 is 2.52 bits per heavy atom. The maximum atomic E-state index is 13.3. The topological polar surface area (TPSA) is 45.5 Å². The Balaban J connectivity index is 1.69. The molecule has 4 nitrogen and oxygen atoms in total. The van der Waals surface area contributed by atoms with Crippen molar-refractivity contribution in [2.45, 2.75) is 31.7 Å².